The first-order valence-corrected chi connectivity index (χ1v) is 9.54. The van der Waals surface area contributed by atoms with Crippen LogP contribution < -0.4 is 14.4 Å². The summed E-state index contributed by atoms with van der Waals surface area (Å²) in [6.07, 6.45) is 0. The van der Waals surface area contributed by atoms with Crippen LogP contribution in [0.15, 0.2) is 18.2 Å². The molecule has 5 nitrogen and oxygen atoms in total. The minimum atomic E-state index is 0.867. The second-order valence-electron chi connectivity index (χ2n) is 6.08. The highest BCUT2D eigenvalue weighted by Crippen LogP contribution is 2.32. The number of ether oxygens (including phenoxy) is 2. The van der Waals surface area contributed by atoms with Crippen LogP contribution in [-0.2, 0) is 0 Å². The first-order chi connectivity index (χ1) is 12.1. The molecule has 25 heavy (non-hydrogen) atoms. The van der Waals surface area contributed by atoms with E-state index in [-0.39, 0.29) is 0 Å². The van der Waals surface area contributed by atoms with E-state index in [1.807, 2.05) is 12.1 Å². The Hall–Kier alpha value is -1.46. The molecule has 144 valence electrons. The Labute approximate surface area is 154 Å². The van der Waals surface area contributed by atoms with Gasteiger partial charge in [-0.15, -0.1) is 0 Å². The SMILES string of the molecule is CCN(CC)CCN(CCN(CC)CC)c1cc(OC)ccc1OC. The number of rotatable bonds is 13. The number of likely N-dealkylation sites (N-methyl/N-ethyl adjacent to an activating group) is 2. The summed E-state index contributed by atoms with van der Waals surface area (Å²) in [5.74, 6) is 1.77. The molecule has 0 spiro atoms. The molecule has 0 heterocycles. The van der Waals surface area contributed by atoms with Crippen LogP contribution in [0.1, 0.15) is 27.7 Å². The monoisotopic (exact) mass is 351 g/mol. The van der Waals surface area contributed by atoms with Crippen molar-refractivity contribution in [3.63, 3.8) is 0 Å². The lowest BCUT2D eigenvalue weighted by Gasteiger charge is -2.31. The molecule has 0 aromatic heterocycles. The van der Waals surface area contributed by atoms with Gasteiger partial charge in [0.1, 0.15) is 11.5 Å². The van der Waals surface area contributed by atoms with Crippen LogP contribution in [0.25, 0.3) is 0 Å². The van der Waals surface area contributed by atoms with E-state index in [1.54, 1.807) is 14.2 Å². The van der Waals surface area contributed by atoms with Gasteiger partial charge in [-0.25, -0.2) is 0 Å². The van der Waals surface area contributed by atoms with E-state index in [4.69, 9.17) is 9.47 Å². The molecule has 0 radical (unpaired) electrons. The summed E-state index contributed by atoms with van der Waals surface area (Å²) in [7, 11) is 3.44. The van der Waals surface area contributed by atoms with Crippen LogP contribution in [0.4, 0.5) is 5.69 Å². The highest BCUT2D eigenvalue weighted by Gasteiger charge is 2.15. The van der Waals surface area contributed by atoms with Crippen molar-refractivity contribution in [1.82, 2.24) is 9.80 Å². The molecule has 0 aliphatic rings. The standard InChI is InChI=1S/C20H37N3O2/c1-7-21(8-2)13-15-23(16-14-22(9-3)10-4)19-17-18(24-5)11-12-20(19)25-6/h11-12,17H,7-10,13-16H2,1-6H3. The van der Waals surface area contributed by atoms with Crippen LogP contribution in [0, 0.1) is 0 Å². The van der Waals surface area contributed by atoms with Gasteiger partial charge in [0, 0.05) is 32.2 Å². The van der Waals surface area contributed by atoms with Crippen molar-refractivity contribution in [3.8, 4) is 11.5 Å². The predicted octanol–water partition coefficient (Wildman–Crippen LogP) is 3.19. The Kier molecular flexibility index (Phi) is 10.3. The van der Waals surface area contributed by atoms with Crippen LogP contribution in [-0.4, -0.2) is 76.4 Å². The highest BCUT2D eigenvalue weighted by atomic mass is 16.5. The Morgan fingerprint density at radius 1 is 0.720 bits per heavy atom. The maximum atomic E-state index is 5.62. The van der Waals surface area contributed by atoms with E-state index >= 15 is 0 Å². The van der Waals surface area contributed by atoms with Crippen LogP contribution in [0.5, 0.6) is 11.5 Å². The zero-order valence-corrected chi connectivity index (χ0v) is 17.0. The van der Waals surface area contributed by atoms with Gasteiger partial charge in [-0.1, -0.05) is 27.7 Å². The normalized spacial score (nSPS) is 11.2. The summed E-state index contributed by atoms with van der Waals surface area (Å²) < 4.78 is 11.1. The van der Waals surface area contributed by atoms with Gasteiger partial charge in [-0.3, -0.25) is 0 Å². The van der Waals surface area contributed by atoms with E-state index in [9.17, 15) is 0 Å². The van der Waals surface area contributed by atoms with Crippen molar-refractivity contribution in [2.45, 2.75) is 27.7 Å². The summed E-state index contributed by atoms with van der Waals surface area (Å²) in [6.45, 7) is 17.2. The average molecular weight is 352 g/mol. The Bertz CT molecular complexity index is 458. The fourth-order valence-corrected chi connectivity index (χ4v) is 3.00. The first kappa shape index (κ1) is 21.6. The zero-order chi connectivity index (χ0) is 18.7. The third-order valence-corrected chi connectivity index (χ3v) is 4.89. The fourth-order valence-electron chi connectivity index (χ4n) is 3.00. The predicted molar refractivity (Wildman–Crippen MR) is 107 cm³/mol. The molecular formula is C20H37N3O2. The first-order valence-electron chi connectivity index (χ1n) is 9.54. The largest absolute Gasteiger partial charge is 0.497 e. The van der Waals surface area contributed by atoms with Gasteiger partial charge in [-0.2, -0.15) is 0 Å². The van der Waals surface area contributed by atoms with E-state index in [0.717, 1.165) is 69.5 Å². The van der Waals surface area contributed by atoms with Crippen molar-refractivity contribution >= 4 is 5.69 Å². The Morgan fingerprint density at radius 3 is 1.64 bits per heavy atom. The third-order valence-electron chi connectivity index (χ3n) is 4.89. The number of hydrogen-bond acceptors (Lipinski definition) is 5. The number of methoxy groups -OCH3 is 2. The molecular weight excluding hydrogens is 314 g/mol. The van der Waals surface area contributed by atoms with E-state index in [2.05, 4.69) is 48.5 Å². The second kappa shape index (κ2) is 12.0. The number of nitrogens with zero attached hydrogens (tertiary/aromatic N) is 3. The molecule has 0 aliphatic carbocycles. The van der Waals surface area contributed by atoms with Gasteiger partial charge in [-0.05, 0) is 38.3 Å². The summed E-state index contributed by atoms with van der Waals surface area (Å²) in [6, 6.07) is 6.04. The maximum absolute atomic E-state index is 5.62. The number of hydrogen-bond donors (Lipinski definition) is 0. The van der Waals surface area contributed by atoms with Crippen molar-refractivity contribution in [1.29, 1.82) is 0 Å². The van der Waals surface area contributed by atoms with Gasteiger partial charge in [0.2, 0.25) is 0 Å². The molecule has 0 saturated carbocycles. The quantitative estimate of drug-likeness (QED) is 0.544. The van der Waals surface area contributed by atoms with Gasteiger partial charge in [0.25, 0.3) is 0 Å². The minimum Gasteiger partial charge on any atom is -0.497 e. The maximum Gasteiger partial charge on any atom is 0.142 e. The van der Waals surface area contributed by atoms with Crippen LogP contribution >= 0.6 is 0 Å². The van der Waals surface area contributed by atoms with Crippen molar-refractivity contribution in [3.05, 3.63) is 18.2 Å². The van der Waals surface area contributed by atoms with Crippen molar-refractivity contribution in [2.75, 3.05) is 71.5 Å². The molecule has 0 aliphatic heterocycles. The summed E-state index contributed by atoms with van der Waals surface area (Å²) in [4.78, 5) is 7.34. The third kappa shape index (κ3) is 6.75. The lowest BCUT2D eigenvalue weighted by Crippen LogP contribution is -2.40. The molecule has 1 aromatic rings. The van der Waals surface area contributed by atoms with Crippen LogP contribution in [0.2, 0.25) is 0 Å². The van der Waals surface area contributed by atoms with Gasteiger partial charge in [0.05, 0.1) is 19.9 Å². The Balaban J connectivity index is 2.99. The molecule has 0 N–H and O–H groups in total. The molecule has 0 fully saturated rings. The molecule has 0 amide bonds. The summed E-state index contributed by atoms with van der Waals surface area (Å²) in [5, 5.41) is 0. The number of benzene rings is 1. The Morgan fingerprint density at radius 2 is 1.24 bits per heavy atom. The average Bonchev–Trinajstić information content (AvgIpc) is 2.67. The highest BCUT2D eigenvalue weighted by molar-refractivity contribution is 5.61. The summed E-state index contributed by atoms with van der Waals surface area (Å²) >= 11 is 0. The lowest BCUT2D eigenvalue weighted by atomic mass is 10.2. The second-order valence-corrected chi connectivity index (χ2v) is 6.08. The van der Waals surface area contributed by atoms with Crippen molar-refractivity contribution in [2.24, 2.45) is 0 Å². The molecule has 0 saturated heterocycles. The molecule has 1 rings (SSSR count). The molecule has 1 aromatic carbocycles. The fraction of sp³-hybridized carbons (Fsp3) is 0.700. The lowest BCUT2D eigenvalue weighted by molar-refractivity contribution is 0.293. The van der Waals surface area contributed by atoms with Gasteiger partial charge in [0.15, 0.2) is 0 Å². The van der Waals surface area contributed by atoms with Crippen molar-refractivity contribution < 1.29 is 9.47 Å². The smallest absolute Gasteiger partial charge is 0.142 e. The summed E-state index contributed by atoms with van der Waals surface area (Å²) in [5.41, 5.74) is 1.11. The minimum absolute atomic E-state index is 0.867. The zero-order valence-electron chi connectivity index (χ0n) is 17.0. The number of anilines is 1. The molecule has 0 unspecified atom stereocenters. The van der Waals surface area contributed by atoms with Gasteiger partial charge >= 0.3 is 0 Å². The topological polar surface area (TPSA) is 28.2 Å². The van der Waals surface area contributed by atoms with E-state index in [1.165, 1.54) is 0 Å². The molecule has 0 bridgehead atoms. The molecule has 5 heteroatoms. The van der Waals surface area contributed by atoms with Gasteiger partial charge < -0.3 is 24.2 Å². The molecule has 0 atom stereocenters. The van der Waals surface area contributed by atoms with Crippen LogP contribution in [0.3, 0.4) is 0 Å². The van der Waals surface area contributed by atoms with E-state index in [0.29, 0.717) is 0 Å². The van der Waals surface area contributed by atoms with E-state index < -0.39 is 0 Å².